The zero-order valence-electron chi connectivity index (χ0n) is 7.99. The largest absolute Gasteiger partial charge is 0.332 e. The lowest BCUT2D eigenvalue weighted by molar-refractivity contribution is -0.134. The summed E-state index contributed by atoms with van der Waals surface area (Å²) in [5.74, 6) is 2.85. The number of carbonyl (C=O) groups excluding carboxylic acids is 1. The second-order valence-corrected chi connectivity index (χ2v) is 3.20. The topological polar surface area (TPSA) is 20.3 Å². The van der Waals surface area contributed by atoms with Crippen molar-refractivity contribution in [3.05, 3.63) is 12.2 Å². The van der Waals surface area contributed by atoms with Gasteiger partial charge in [0, 0.05) is 12.5 Å². The SMILES string of the molecule is C#CCN(CC)C(=O)C1CC=CC1. The van der Waals surface area contributed by atoms with Crippen LogP contribution in [0.25, 0.3) is 0 Å². The van der Waals surface area contributed by atoms with E-state index in [1.165, 1.54) is 0 Å². The first-order valence-electron chi connectivity index (χ1n) is 4.66. The molecule has 0 heterocycles. The molecule has 1 aliphatic carbocycles. The fraction of sp³-hybridized carbons (Fsp3) is 0.545. The third kappa shape index (κ3) is 2.35. The molecule has 0 aromatic heterocycles. The molecule has 0 unspecified atom stereocenters. The van der Waals surface area contributed by atoms with Gasteiger partial charge in [0.15, 0.2) is 0 Å². The molecule has 0 aromatic rings. The predicted octanol–water partition coefficient (Wildman–Crippen LogP) is 1.43. The smallest absolute Gasteiger partial charge is 0.227 e. The normalized spacial score (nSPS) is 15.7. The summed E-state index contributed by atoms with van der Waals surface area (Å²) < 4.78 is 0. The van der Waals surface area contributed by atoms with Crippen LogP contribution in [0.2, 0.25) is 0 Å². The number of carbonyl (C=O) groups is 1. The minimum absolute atomic E-state index is 0.147. The molecule has 0 radical (unpaired) electrons. The molecule has 1 aliphatic rings. The van der Waals surface area contributed by atoms with E-state index in [1.54, 1.807) is 4.90 Å². The molecule has 0 saturated carbocycles. The molecule has 0 bridgehead atoms. The first-order valence-corrected chi connectivity index (χ1v) is 4.66. The molecule has 0 N–H and O–H groups in total. The highest BCUT2D eigenvalue weighted by Crippen LogP contribution is 2.19. The van der Waals surface area contributed by atoms with Gasteiger partial charge in [-0.3, -0.25) is 4.79 Å². The Kier molecular flexibility index (Phi) is 3.57. The molecule has 0 saturated heterocycles. The van der Waals surface area contributed by atoms with Crippen LogP contribution in [-0.2, 0) is 4.79 Å². The van der Waals surface area contributed by atoms with Crippen molar-refractivity contribution >= 4 is 5.91 Å². The lowest BCUT2D eigenvalue weighted by atomic mass is 10.1. The first-order chi connectivity index (χ1) is 6.29. The minimum Gasteiger partial charge on any atom is -0.332 e. The van der Waals surface area contributed by atoms with Crippen LogP contribution in [0.15, 0.2) is 12.2 Å². The van der Waals surface area contributed by atoms with Crippen LogP contribution < -0.4 is 0 Å². The summed E-state index contributed by atoms with van der Waals surface area (Å²) in [6.07, 6.45) is 11.1. The molecular weight excluding hydrogens is 162 g/mol. The average Bonchev–Trinajstić information content (AvgIpc) is 2.65. The van der Waals surface area contributed by atoms with Crippen LogP contribution in [0, 0.1) is 18.3 Å². The van der Waals surface area contributed by atoms with Crippen molar-refractivity contribution in [3.63, 3.8) is 0 Å². The zero-order valence-corrected chi connectivity index (χ0v) is 7.99. The van der Waals surface area contributed by atoms with Gasteiger partial charge in [-0.1, -0.05) is 18.1 Å². The Morgan fingerprint density at radius 2 is 2.23 bits per heavy atom. The second-order valence-electron chi connectivity index (χ2n) is 3.20. The monoisotopic (exact) mass is 177 g/mol. The third-order valence-corrected chi connectivity index (χ3v) is 2.33. The Bertz CT molecular complexity index is 241. The molecule has 0 atom stereocenters. The Balaban J connectivity index is 2.49. The van der Waals surface area contributed by atoms with Gasteiger partial charge in [-0.2, -0.15) is 0 Å². The van der Waals surface area contributed by atoms with Crippen LogP contribution >= 0.6 is 0 Å². The van der Waals surface area contributed by atoms with E-state index in [9.17, 15) is 4.79 Å². The number of hydrogen-bond donors (Lipinski definition) is 0. The molecule has 1 rings (SSSR count). The predicted molar refractivity (Wildman–Crippen MR) is 53.0 cm³/mol. The van der Waals surface area contributed by atoms with E-state index in [0.717, 1.165) is 12.8 Å². The average molecular weight is 177 g/mol. The van der Waals surface area contributed by atoms with E-state index >= 15 is 0 Å². The number of nitrogens with zero attached hydrogens (tertiary/aromatic N) is 1. The van der Waals surface area contributed by atoms with Crippen molar-refractivity contribution in [2.24, 2.45) is 5.92 Å². The maximum atomic E-state index is 11.8. The summed E-state index contributed by atoms with van der Waals surface area (Å²) in [4.78, 5) is 13.5. The summed E-state index contributed by atoms with van der Waals surface area (Å²) in [7, 11) is 0. The maximum absolute atomic E-state index is 11.8. The van der Waals surface area contributed by atoms with E-state index in [4.69, 9.17) is 6.42 Å². The Hall–Kier alpha value is -1.23. The van der Waals surface area contributed by atoms with Gasteiger partial charge in [0.2, 0.25) is 5.91 Å². The highest BCUT2D eigenvalue weighted by molar-refractivity contribution is 5.79. The number of terminal acetylenes is 1. The molecule has 2 heteroatoms. The molecule has 13 heavy (non-hydrogen) atoms. The quantitative estimate of drug-likeness (QED) is 0.472. The molecule has 2 nitrogen and oxygen atoms in total. The maximum Gasteiger partial charge on any atom is 0.227 e. The van der Waals surface area contributed by atoms with Gasteiger partial charge >= 0.3 is 0 Å². The highest BCUT2D eigenvalue weighted by Gasteiger charge is 2.22. The van der Waals surface area contributed by atoms with E-state index in [0.29, 0.717) is 13.1 Å². The number of allylic oxidation sites excluding steroid dienone is 2. The van der Waals surface area contributed by atoms with Crippen molar-refractivity contribution in [1.82, 2.24) is 4.90 Å². The fourth-order valence-corrected chi connectivity index (χ4v) is 1.53. The third-order valence-electron chi connectivity index (χ3n) is 2.33. The number of amides is 1. The van der Waals surface area contributed by atoms with Gasteiger partial charge in [0.05, 0.1) is 6.54 Å². The number of rotatable bonds is 3. The van der Waals surface area contributed by atoms with Gasteiger partial charge in [-0.25, -0.2) is 0 Å². The van der Waals surface area contributed by atoms with E-state index in [1.807, 2.05) is 6.92 Å². The summed E-state index contributed by atoms with van der Waals surface area (Å²) >= 11 is 0. The molecule has 0 spiro atoms. The van der Waals surface area contributed by atoms with Crippen molar-refractivity contribution < 1.29 is 4.79 Å². The van der Waals surface area contributed by atoms with Crippen LogP contribution in [0.3, 0.4) is 0 Å². The molecule has 0 aromatic carbocycles. The molecule has 70 valence electrons. The van der Waals surface area contributed by atoms with Crippen molar-refractivity contribution in [1.29, 1.82) is 0 Å². The molecular formula is C11H15NO. The van der Waals surface area contributed by atoms with E-state index in [-0.39, 0.29) is 11.8 Å². The van der Waals surface area contributed by atoms with Crippen LogP contribution in [-0.4, -0.2) is 23.9 Å². The van der Waals surface area contributed by atoms with Gasteiger partial charge in [0.25, 0.3) is 0 Å². The van der Waals surface area contributed by atoms with Gasteiger partial charge in [0.1, 0.15) is 0 Å². The fourth-order valence-electron chi connectivity index (χ4n) is 1.53. The van der Waals surface area contributed by atoms with Crippen LogP contribution in [0.1, 0.15) is 19.8 Å². The summed E-state index contributed by atoms with van der Waals surface area (Å²) in [5, 5.41) is 0. The standard InChI is InChI=1S/C11H15NO/c1-3-9-12(4-2)11(13)10-7-5-6-8-10/h1,5-6,10H,4,7-9H2,2H3. The summed E-state index contributed by atoms with van der Waals surface area (Å²) in [5.41, 5.74) is 0. The first kappa shape index (κ1) is 9.85. The highest BCUT2D eigenvalue weighted by atomic mass is 16.2. The Labute approximate surface area is 79.6 Å². The summed E-state index contributed by atoms with van der Waals surface area (Å²) in [6, 6.07) is 0. The molecule has 0 fully saturated rings. The number of hydrogen-bond acceptors (Lipinski definition) is 1. The van der Waals surface area contributed by atoms with Crippen molar-refractivity contribution in [2.45, 2.75) is 19.8 Å². The Morgan fingerprint density at radius 1 is 1.62 bits per heavy atom. The van der Waals surface area contributed by atoms with Crippen molar-refractivity contribution in [3.8, 4) is 12.3 Å². The van der Waals surface area contributed by atoms with Crippen LogP contribution in [0.5, 0.6) is 0 Å². The lowest BCUT2D eigenvalue weighted by Gasteiger charge is -2.21. The Morgan fingerprint density at radius 3 is 2.69 bits per heavy atom. The van der Waals surface area contributed by atoms with Gasteiger partial charge in [-0.15, -0.1) is 6.42 Å². The molecule has 1 amide bonds. The molecule has 0 aliphatic heterocycles. The second kappa shape index (κ2) is 4.71. The van der Waals surface area contributed by atoms with Gasteiger partial charge in [-0.05, 0) is 19.8 Å². The van der Waals surface area contributed by atoms with Gasteiger partial charge < -0.3 is 4.90 Å². The minimum atomic E-state index is 0.147. The van der Waals surface area contributed by atoms with Crippen molar-refractivity contribution in [2.75, 3.05) is 13.1 Å². The lowest BCUT2D eigenvalue weighted by Crippen LogP contribution is -2.35. The van der Waals surface area contributed by atoms with E-state index in [2.05, 4.69) is 18.1 Å². The zero-order chi connectivity index (χ0) is 9.68. The van der Waals surface area contributed by atoms with E-state index < -0.39 is 0 Å². The van der Waals surface area contributed by atoms with Crippen LogP contribution in [0.4, 0.5) is 0 Å². The summed E-state index contributed by atoms with van der Waals surface area (Å²) in [6.45, 7) is 3.10.